The largest absolute Gasteiger partial charge is 0.358 e. The van der Waals surface area contributed by atoms with E-state index < -0.39 is 10.0 Å². The van der Waals surface area contributed by atoms with E-state index in [2.05, 4.69) is 39.8 Å². The first-order valence-corrected chi connectivity index (χ1v) is 8.13. The molecule has 0 aromatic carbocycles. The lowest BCUT2D eigenvalue weighted by molar-refractivity contribution is 0.474. The van der Waals surface area contributed by atoms with Gasteiger partial charge in [-0.3, -0.25) is 0 Å². The highest BCUT2D eigenvalue weighted by Crippen LogP contribution is 2.21. The standard InChI is InChI=1S/C12H16N4O2S2/c1-2-3-5-13-11-7-15-12(8-14-11)20(17,18)16-6-4-10(19)9-16/h7-8,10,19H,4-6,9H2,1H3,(H,13,14). The molecule has 0 saturated carbocycles. The van der Waals surface area contributed by atoms with Gasteiger partial charge in [0, 0.05) is 18.3 Å². The molecule has 2 heterocycles. The Labute approximate surface area is 124 Å². The molecule has 20 heavy (non-hydrogen) atoms. The molecule has 8 heteroatoms. The number of thiol groups is 1. The lowest BCUT2D eigenvalue weighted by Gasteiger charge is -2.14. The Morgan fingerprint density at radius 1 is 1.50 bits per heavy atom. The third-order valence-corrected chi connectivity index (χ3v) is 5.07. The number of sulfonamides is 1. The third kappa shape index (κ3) is 3.42. The summed E-state index contributed by atoms with van der Waals surface area (Å²) in [6.45, 7) is 3.09. The second kappa shape index (κ2) is 6.43. The summed E-state index contributed by atoms with van der Waals surface area (Å²) < 4.78 is 26.0. The topological polar surface area (TPSA) is 75.2 Å². The zero-order chi connectivity index (χ0) is 14.6. The van der Waals surface area contributed by atoms with Crippen molar-refractivity contribution in [3.8, 4) is 11.8 Å². The molecule has 108 valence electrons. The molecule has 1 aromatic heterocycles. The van der Waals surface area contributed by atoms with Crippen LogP contribution >= 0.6 is 12.6 Å². The van der Waals surface area contributed by atoms with Gasteiger partial charge in [-0.05, 0) is 13.3 Å². The SMILES string of the molecule is CC#CCNc1cnc(S(=O)(=O)N2CCC(S)C2)cn1. The van der Waals surface area contributed by atoms with Crippen LogP contribution in [0.5, 0.6) is 0 Å². The van der Waals surface area contributed by atoms with Crippen LogP contribution in [-0.4, -0.2) is 47.6 Å². The summed E-state index contributed by atoms with van der Waals surface area (Å²) in [5.74, 6) is 6.07. The highest BCUT2D eigenvalue weighted by molar-refractivity contribution is 7.89. The molecule has 1 N–H and O–H groups in total. The molecule has 0 aliphatic carbocycles. The first-order valence-electron chi connectivity index (χ1n) is 6.18. The van der Waals surface area contributed by atoms with Crippen molar-refractivity contribution in [3.63, 3.8) is 0 Å². The quantitative estimate of drug-likeness (QED) is 0.629. The maximum absolute atomic E-state index is 12.3. The molecule has 2 rings (SSSR count). The first kappa shape index (κ1) is 15.1. The van der Waals surface area contributed by atoms with Crippen molar-refractivity contribution in [1.29, 1.82) is 0 Å². The van der Waals surface area contributed by atoms with E-state index in [9.17, 15) is 8.42 Å². The molecule has 1 aliphatic heterocycles. The molecular weight excluding hydrogens is 296 g/mol. The number of hydrogen-bond donors (Lipinski definition) is 2. The third-order valence-electron chi connectivity index (χ3n) is 2.89. The van der Waals surface area contributed by atoms with Crippen molar-refractivity contribution in [2.75, 3.05) is 25.0 Å². The lowest BCUT2D eigenvalue weighted by Crippen LogP contribution is -2.29. The summed E-state index contributed by atoms with van der Waals surface area (Å²) in [4.78, 5) is 8.01. The molecule has 1 aromatic rings. The summed E-state index contributed by atoms with van der Waals surface area (Å²) in [6.07, 6.45) is 3.42. The molecule has 6 nitrogen and oxygen atoms in total. The number of nitrogens with zero attached hydrogens (tertiary/aromatic N) is 3. The van der Waals surface area contributed by atoms with Crippen molar-refractivity contribution in [3.05, 3.63) is 12.4 Å². The molecule has 1 unspecified atom stereocenters. The van der Waals surface area contributed by atoms with Crippen LogP contribution in [0.4, 0.5) is 5.82 Å². The van der Waals surface area contributed by atoms with Crippen molar-refractivity contribution < 1.29 is 8.42 Å². The van der Waals surface area contributed by atoms with Gasteiger partial charge in [0.2, 0.25) is 0 Å². The Bertz CT molecular complexity index is 619. The number of nitrogens with one attached hydrogen (secondary N) is 1. The molecule has 0 radical (unpaired) electrons. The fraction of sp³-hybridized carbons (Fsp3) is 0.500. The van der Waals surface area contributed by atoms with Gasteiger partial charge >= 0.3 is 0 Å². The van der Waals surface area contributed by atoms with E-state index in [-0.39, 0.29) is 10.3 Å². The fourth-order valence-corrected chi connectivity index (χ4v) is 3.61. The number of anilines is 1. The molecule has 1 fully saturated rings. The summed E-state index contributed by atoms with van der Waals surface area (Å²) in [5.41, 5.74) is 0. The van der Waals surface area contributed by atoms with Crippen LogP contribution < -0.4 is 5.32 Å². The summed E-state index contributed by atoms with van der Waals surface area (Å²) >= 11 is 4.29. The average Bonchev–Trinajstić information content (AvgIpc) is 2.87. The Kier molecular flexibility index (Phi) is 4.86. The van der Waals surface area contributed by atoms with Gasteiger partial charge in [-0.15, -0.1) is 5.92 Å². The van der Waals surface area contributed by atoms with E-state index in [4.69, 9.17) is 0 Å². The summed E-state index contributed by atoms with van der Waals surface area (Å²) in [7, 11) is -3.56. The minimum atomic E-state index is -3.56. The Hall–Kier alpha value is -1.30. The van der Waals surface area contributed by atoms with E-state index in [1.165, 1.54) is 16.7 Å². The van der Waals surface area contributed by atoms with Crippen molar-refractivity contribution >= 4 is 28.5 Å². The van der Waals surface area contributed by atoms with Crippen LogP contribution in [0.15, 0.2) is 17.4 Å². The van der Waals surface area contributed by atoms with Crippen LogP contribution in [0.2, 0.25) is 0 Å². The monoisotopic (exact) mass is 312 g/mol. The number of rotatable bonds is 4. The number of hydrogen-bond acceptors (Lipinski definition) is 6. The van der Waals surface area contributed by atoms with Gasteiger partial charge in [-0.2, -0.15) is 16.9 Å². The van der Waals surface area contributed by atoms with Crippen molar-refractivity contribution in [2.45, 2.75) is 23.6 Å². The van der Waals surface area contributed by atoms with Crippen LogP contribution in [0.25, 0.3) is 0 Å². The lowest BCUT2D eigenvalue weighted by atomic mass is 10.4. The molecule has 1 atom stereocenters. The smallest absolute Gasteiger partial charge is 0.262 e. The summed E-state index contributed by atoms with van der Waals surface area (Å²) in [6, 6.07) is 0. The molecular formula is C12H16N4O2S2. The van der Waals surface area contributed by atoms with E-state index in [0.29, 0.717) is 25.5 Å². The molecule has 0 bridgehead atoms. The van der Waals surface area contributed by atoms with Gasteiger partial charge in [0.05, 0.1) is 18.9 Å². The fourth-order valence-electron chi connectivity index (χ4n) is 1.83. The zero-order valence-electron chi connectivity index (χ0n) is 11.1. The van der Waals surface area contributed by atoms with Crippen LogP contribution in [0.1, 0.15) is 13.3 Å². The van der Waals surface area contributed by atoms with Crippen LogP contribution in [0.3, 0.4) is 0 Å². The van der Waals surface area contributed by atoms with Gasteiger partial charge in [0.15, 0.2) is 5.03 Å². The Balaban J connectivity index is 2.10. The van der Waals surface area contributed by atoms with Gasteiger partial charge in [-0.25, -0.2) is 18.4 Å². The second-order valence-corrected chi connectivity index (χ2v) is 6.94. The predicted octanol–water partition coefficient (Wildman–Crippen LogP) is 0.605. The van der Waals surface area contributed by atoms with E-state index >= 15 is 0 Å². The molecule has 1 saturated heterocycles. The second-order valence-electron chi connectivity index (χ2n) is 4.33. The van der Waals surface area contributed by atoms with Crippen molar-refractivity contribution in [2.24, 2.45) is 0 Å². The average molecular weight is 312 g/mol. The van der Waals surface area contributed by atoms with Crippen LogP contribution in [-0.2, 0) is 10.0 Å². The minimum Gasteiger partial charge on any atom is -0.358 e. The predicted molar refractivity (Wildman–Crippen MR) is 80.1 cm³/mol. The first-order chi connectivity index (χ1) is 9.54. The van der Waals surface area contributed by atoms with Crippen molar-refractivity contribution in [1.82, 2.24) is 14.3 Å². The Morgan fingerprint density at radius 3 is 2.85 bits per heavy atom. The van der Waals surface area contributed by atoms with Crippen LogP contribution in [0, 0.1) is 11.8 Å². The van der Waals surface area contributed by atoms with E-state index in [1.807, 2.05) is 0 Å². The van der Waals surface area contributed by atoms with Gasteiger partial charge in [0.25, 0.3) is 10.0 Å². The van der Waals surface area contributed by atoms with E-state index in [0.717, 1.165) is 6.42 Å². The van der Waals surface area contributed by atoms with E-state index in [1.54, 1.807) is 6.92 Å². The highest BCUT2D eigenvalue weighted by atomic mass is 32.2. The highest BCUT2D eigenvalue weighted by Gasteiger charge is 2.32. The maximum Gasteiger partial charge on any atom is 0.262 e. The maximum atomic E-state index is 12.3. The van der Waals surface area contributed by atoms with Gasteiger partial charge < -0.3 is 5.32 Å². The normalized spacial score (nSPS) is 19.4. The zero-order valence-corrected chi connectivity index (χ0v) is 12.8. The Morgan fingerprint density at radius 2 is 2.30 bits per heavy atom. The summed E-state index contributed by atoms with van der Waals surface area (Å²) in [5, 5.41) is 2.99. The van der Waals surface area contributed by atoms with Gasteiger partial charge in [-0.1, -0.05) is 5.92 Å². The molecule has 0 amide bonds. The molecule has 1 aliphatic rings. The minimum absolute atomic E-state index is 0.0351. The van der Waals surface area contributed by atoms with Gasteiger partial charge in [0.1, 0.15) is 5.82 Å². The number of aromatic nitrogens is 2. The molecule has 0 spiro atoms.